The summed E-state index contributed by atoms with van der Waals surface area (Å²) in [6.45, 7) is 6.74. The van der Waals surface area contributed by atoms with E-state index >= 15 is 0 Å². The van der Waals surface area contributed by atoms with Crippen molar-refractivity contribution in [2.45, 2.75) is 71.8 Å². The van der Waals surface area contributed by atoms with Crippen LogP contribution in [0.3, 0.4) is 0 Å². The van der Waals surface area contributed by atoms with Gasteiger partial charge in [0.15, 0.2) is 5.78 Å². The number of nitrogens with zero attached hydrogens (tertiary/aromatic N) is 2. The molecular formula is C25H34N2O2. The summed E-state index contributed by atoms with van der Waals surface area (Å²) in [6.07, 6.45) is 13.3. The maximum Gasteiger partial charge on any atom is 0.165 e. The van der Waals surface area contributed by atoms with Gasteiger partial charge in [0.25, 0.3) is 0 Å². The van der Waals surface area contributed by atoms with Gasteiger partial charge >= 0.3 is 0 Å². The molecule has 1 N–H and O–H groups in total. The first-order valence-electron chi connectivity index (χ1n) is 11.4. The van der Waals surface area contributed by atoms with E-state index in [0.717, 1.165) is 61.8 Å². The van der Waals surface area contributed by atoms with Crippen LogP contribution < -0.4 is 0 Å². The van der Waals surface area contributed by atoms with Gasteiger partial charge in [0.05, 0.1) is 12.3 Å². The predicted octanol–water partition coefficient (Wildman–Crippen LogP) is 4.61. The Balaban J connectivity index is 1.49. The Morgan fingerprint density at radius 1 is 1.17 bits per heavy atom. The van der Waals surface area contributed by atoms with Gasteiger partial charge in [-0.3, -0.25) is 9.48 Å². The maximum absolute atomic E-state index is 13.5. The number of aliphatic hydroxyl groups is 1. The summed E-state index contributed by atoms with van der Waals surface area (Å²) in [6, 6.07) is 0. The molecule has 4 heteroatoms. The van der Waals surface area contributed by atoms with E-state index in [-0.39, 0.29) is 16.9 Å². The van der Waals surface area contributed by atoms with Gasteiger partial charge in [-0.05, 0) is 86.7 Å². The topological polar surface area (TPSA) is 55.1 Å². The Morgan fingerprint density at radius 3 is 2.66 bits per heavy atom. The third-order valence-electron chi connectivity index (χ3n) is 9.32. The minimum atomic E-state index is -0.209. The first-order chi connectivity index (χ1) is 13.7. The number of carbonyl (C=O) groups is 1. The van der Waals surface area contributed by atoms with E-state index in [1.807, 2.05) is 17.9 Å². The molecule has 0 saturated heterocycles. The lowest BCUT2D eigenvalue weighted by Crippen LogP contribution is -2.50. The Kier molecular flexibility index (Phi) is 4.26. The fourth-order valence-corrected chi connectivity index (χ4v) is 7.29. The molecule has 0 spiro atoms. The normalized spacial score (nSPS) is 43.0. The summed E-state index contributed by atoms with van der Waals surface area (Å²) in [5.74, 6) is 2.06. The number of aromatic nitrogens is 2. The standard InChI is InChI=1S/C25H34N2O2/c1-15-17(14-26-27(15)4)11-16-12-22-20-6-5-18-13-19(28)7-9-24(18,2)21(20)8-10-25(22,3)23(16)29/h5,11,14,19-22,28H,6-10,12-13H2,1-4H3/b16-11-/t19?,20-,21+,22+,24+,25+/m1/s1. The van der Waals surface area contributed by atoms with E-state index in [9.17, 15) is 9.90 Å². The molecule has 5 rings (SSSR count). The Bertz CT molecular complexity index is 925. The fraction of sp³-hybridized carbons (Fsp3) is 0.680. The number of aliphatic hydroxyl groups excluding tert-OH is 1. The molecule has 6 atom stereocenters. The van der Waals surface area contributed by atoms with Crippen molar-refractivity contribution in [2.24, 2.45) is 35.6 Å². The smallest absolute Gasteiger partial charge is 0.165 e. The molecule has 1 aromatic heterocycles. The molecule has 29 heavy (non-hydrogen) atoms. The van der Waals surface area contributed by atoms with E-state index < -0.39 is 0 Å². The summed E-state index contributed by atoms with van der Waals surface area (Å²) in [7, 11) is 1.95. The Labute approximate surface area is 174 Å². The van der Waals surface area contributed by atoms with Gasteiger partial charge in [-0.25, -0.2) is 0 Å². The van der Waals surface area contributed by atoms with Crippen LogP contribution in [0.15, 0.2) is 23.4 Å². The molecule has 0 radical (unpaired) electrons. The number of Topliss-reactive ketones (excluding diaryl/α,β-unsaturated/α-hetero) is 1. The van der Waals surface area contributed by atoms with Crippen LogP contribution in [-0.4, -0.2) is 26.8 Å². The first kappa shape index (κ1) is 19.3. The van der Waals surface area contributed by atoms with Gasteiger partial charge in [0.2, 0.25) is 0 Å². The number of hydrogen-bond donors (Lipinski definition) is 1. The minimum Gasteiger partial charge on any atom is -0.393 e. The highest BCUT2D eigenvalue weighted by atomic mass is 16.3. The predicted molar refractivity (Wildman–Crippen MR) is 114 cm³/mol. The molecule has 1 heterocycles. The van der Waals surface area contributed by atoms with Crippen molar-refractivity contribution in [3.8, 4) is 0 Å². The third kappa shape index (κ3) is 2.67. The molecule has 4 nitrogen and oxygen atoms in total. The van der Waals surface area contributed by atoms with E-state index in [2.05, 4.69) is 38.0 Å². The van der Waals surface area contributed by atoms with Gasteiger partial charge in [-0.15, -0.1) is 0 Å². The molecule has 1 unspecified atom stereocenters. The van der Waals surface area contributed by atoms with Crippen molar-refractivity contribution in [1.82, 2.24) is 9.78 Å². The highest BCUT2D eigenvalue weighted by molar-refractivity contribution is 6.06. The van der Waals surface area contributed by atoms with E-state index in [0.29, 0.717) is 23.5 Å². The Morgan fingerprint density at radius 2 is 1.93 bits per heavy atom. The highest BCUT2D eigenvalue weighted by Gasteiger charge is 2.59. The number of fused-ring (bicyclic) bond motifs is 5. The first-order valence-corrected chi connectivity index (χ1v) is 11.4. The van der Waals surface area contributed by atoms with Crippen LogP contribution in [0.4, 0.5) is 0 Å². The van der Waals surface area contributed by atoms with E-state index in [1.54, 1.807) is 0 Å². The zero-order valence-corrected chi connectivity index (χ0v) is 18.2. The molecule has 4 aliphatic carbocycles. The molecule has 4 aliphatic rings. The number of carbonyl (C=O) groups excluding carboxylic acids is 1. The van der Waals surface area contributed by atoms with Gasteiger partial charge in [-0.2, -0.15) is 5.10 Å². The lowest BCUT2D eigenvalue weighted by molar-refractivity contribution is -0.130. The quantitative estimate of drug-likeness (QED) is 0.559. The number of aryl methyl sites for hydroxylation is 1. The molecule has 3 saturated carbocycles. The summed E-state index contributed by atoms with van der Waals surface area (Å²) in [5.41, 5.74) is 4.70. The zero-order valence-electron chi connectivity index (χ0n) is 18.2. The van der Waals surface area contributed by atoms with Crippen molar-refractivity contribution in [3.05, 3.63) is 34.7 Å². The van der Waals surface area contributed by atoms with Crippen LogP contribution in [0.25, 0.3) is 6.08 Å². The molecular weight excluding hydrogens is 360 g/mol. The van der Waals surface area contributed by atoms with Gasteiger partial charge < -0.3 is 5.11 Å². The number of ketones is 1. The van der Waals surface area contributed by atoms with Gasteiger partial charge in [0, 0.05) is 23.7 Å². The molecule has 0 amide bonds. The summed E-state index contributed by atoms with van der Waals surface area (Å²) >= 11 is 0. The number of hydrogen-bond acceptors (Lipinski definition) is 3. The second-order valence-corrected chi connectivity index (χ2v) is 10.6. The summed E-state index contributed by atoms with van der Waals surface area (Å²) < 4.78 is 1.88. The maximum atomic E-state index is 13.5. The lowest BCUT2D eigenvalue weighted by atomic mass is 9.48. The van der Waals surface area contributed by atoms with Crippen LogP contribution in [0.2, 0.25) is 0 Å². The van der Waals surface area contributed by atoms with Gasteiger partial charge in [-0.1, -0.05) is 25.5 Å². The van der Waals surface area contributed by atoms with Crippen molar-refractivity contribution >= 4 is 11.9 Å². The second-order valence-electron chi connectivity index (χ2n) is 10.6. The van der Waals surface area contributed by atoms with Crippen LogP contribution in [0.5, 0.6) is 0 Å². The van der Waals surface area contributed by atoms with E-state index in [4.69, 9.17) is 0 Å². The largest absolute Gasteiger partial charge is 0.393 e. The minimum absolute atomic E-state index is 0.162. The van der Waals surface area contributed by atoms with Crippen molar-refractivity contribution < 1.29 is 9.90 Å². The molecule has 0 bridgehead atoms. The summed E-state index contributed by atoms with van der Waals surface area (Å²) in [5, 5.41) is 14.5. The van der Waals surface area contributed by atoms with Crippen LogP contribution in [0, 0.1) is 35.5 Å². The number of rotatable bonds is 1. The van der Waals surface area contributed by atoms with Crippen molar-refractivity contribution in [1.29, 1.82) is 0 Å². The molecule has 0 aromatic carbocycles. The highest BCUT2D eigenvalue weighted by Crippen LogP contribution is 2.64. The third-order valence-corrected chi connectivity index (χ3v) is 9.32. The number of allylic oxidation sites excluding steroid dienone is 2. The molecule has 3 fully saturated rings. The van der Waals surface area contributed by atoms with E-state index in [1.165, 1.54) is 5.57 Å². The molecule has 0 aliphatic heterocycles. The summed E-state index contributed by atoms with van der Waals surface area (Å²) in [4.78, 5) is 13.5. The second kappa shape index (κ2) is 6.41. The SMILES string of the molecule is Cc1c(/C=C2/C[C@H]3[C@@H]4CC=C5CC(O)CC[C@]5(C)[C@H]4CC[C@]3(C)C2=O)cnn1C. The Hall–Kier alpha value is -1.68. The van der Waals surface area contributed by atoms with Crippen LogP contribution >= 0.6 is 0 Å². The van der Waals surface area contributed by atoms with Crippen LogP contribution in [-0.2, 0) is 11.8 Å². The molecule has 1 aromatic rings. The van der Waals surface area contributed by atoms with Crippen molar-refractivity contribution in [3.63, 3.8) is 0 Å². The average Bonchev–Trinajstić information content (AvgIpc) is 3.14. The van der Waals surface area contributed by atoms with Crippen LogP contribution in [0.1, 0.15) is 70.1 Å². The fourth-order valence-electron chi connectivity index (χ4n) is 7.29. The zero-order chi connectivity index (χ0) is 20.6. The average molecular weight is 395 g/mol. The van der Waals surface area contributed by atoms with Crippen molar-refractivity contribution in [2.75, 3.05) is 0 Å². The monoisotopic (exact) mass is 394 g/mol. The molecule has 156 valence electrons. The van der Waals surface area contributed by atoms with Gasteiger partial charge in [0.1, 0.15) is 0 Å². The lowest BCUT2D eigenvalue weighted by Gasteiger charge is -2.56.